The SMILES string of the molecule is Cc1cc(C#N)cc(Cl)c1NS(C)(=O)=O. The Bertz CT molecular complexity index is 509. The molecular formula is C9H9ClN2O2S. The molecule has 0 amide bonds. The van der Waals surface area contributed by atoms with Gasteiger partial charge in [-0.2, -0.15) is 5.26 Å². The third kappa shape index (κ3) is 3.11. The smallest absolute Gasteiger partial charge is 0.229 e. The van der Waals surface area contributed by atoms with Crippen molar-refractivity contribution in [1.82, 2.24) is 0 Å². The van der Waals surface area contributed by atoms with Crippen molar-refractivity contribution in [3.8, 4) is 6.07 Å². The molecule has 0 fully saturated rings. The number of hydrogen-bond donors (Lipinski definition) is 1. The van der Waals surface area contributed by atoms with Crippen LogP contribution >= 0.6 is 11.6 Å². The number of anilines is 1. The summed E-state index contributed by atoms with van der Waals surface area (Å²) in [6.07, 6.45) is 1.04. The van der Waals surface area contributed by atoms with Gasteiger partial charge in [0.05, 0.1) is 28.6 Å². The van der Waals surface area contributed by atoms with Crippen LogP contribution in [0, 0.1) is 18.3 Å². The number of sulfonamides is 1. The zero-order valence-corrected chi connectivity index (χ0v) is 9.78. The zero-order chi connectivity index (χ0) is 11.6. The Morgan fingerprint density at radius 3 is 2.47 bits per heavy atom. The van der Waals surface area contributed by atoms with Crippen LogP contribution in [-0.4, -0.2) is 14.7 Å². The molecule has 0 unspecified atom stereocenters. The molecule has 0 saturated heterocycles. The van der Waals surface area contributed by atoms with Crippen LogP contribution < -0.4 is 4.72 Å². The maximum Gasteiger partial charge on any atom is 0.229 e. The molecule has 1 aromatic rings. The van der Waals surface area contributed by atoms with E-state index in [1.807, 2.05) is 6.07 Å². The Labute approximate surface area is 93.5 Å². The third-order valence-corrected chi connectivity index (χ3v) is 2.58. The van der Waals surface area contributed by atoms with E-state index in [0.717, 1.165) is 6.26 Å². The second kappa shape index (κ2) is 4.09. The molecule has 0 aromatic heterocycles. The van der Waals surface area contributed by atoms with Gasteiger partial charge in [-0.15, -0.1) is 0 Å². The lowest BCUT2D eigenvalue weighted by molar-refractivity contribution is 0.607. The maximum absolute atomic E-state index is 11.0. The molecule has 0 aliphatic carbocycles. The lowest BCUT2D eigenvalue weighted by atomic mass is 10.1. The molecule has 0 spiro atoms. The molecule has 0 aliphatic rings. The first-order valence-electron chi connectivity index (χ1n) is 4.01. The highest BCUT2D eigenvalue weighted by molar-refractivity contribution is 7.92. The van der Waals surface area contributed by atoms with Gasteiger partial charge in [-0.3, -0.25) is 4.72 Å². The second-order valence-electron chi connectivity index (χ2n) is 3.14. The predicted molar refractivity (Wildman–Crippen MR) is 59.4 cm³/mol. The minimum absolute atomic E-state index is 0.219. The van der Waals surface area contributed by atoms with E-state index in [-0.39, 0.29) is 5.02 Å². The van der Waals surface area contributed by atoms with Crippen molar-refractivity contribution in [2.45, 2.75) is 6.92 Å². The summed E-state index contributed by atoms with van der Waals surface area (Å²) < 4.78 is 24.3. The van der Waals surface area contributed by atoms with Crippen LogP contribution in [0.1, 0.15) is 11.1 Å². The van der Waals surface area contributed by atoms with E-state index in [4.69, 9.17) is 16.9 Å². The maximum atomic E-state index is 11.0. The fraction of sp³-hybridized carbons (Fsp3) is 0.222. The monoisotopic (exact) mass is 244 g/mol. The summed E-state index contributed by atoms with van der Waals surface area (Å²) in [5, 5.41) is 8.88. The second-order valence-corrected chi connectivity index (χ2v) is 5.29. The topological polar surface area (TPSA) is 70.0 Å². The number of nitriles is 1. The Morgan fingerprint density at radius 2 is 2.07 bits per heavy atom. The molecule has 6 heteroatoms. The van der Waals surface area contributed by atoms with E-state index in [0.29, 0.717) is 16.8 Å². The highest BCUT2D eigenvalue weighted by Crippen LogP contribution is 2.27. The van der Waals surface area contributed by atoms with Gasteiger partial charge in [-0.1, -0.05) is 11.6 Å². The quantitative estimate of drug-likeness (QED) is 0.864. The van der Waals surface area contributed by atoms with Crippen molar-refractivity contribution >= 4 is 27.3 Å². The highest BCUT2D eigenvalue weighted by Gasteiger charge is 2.10. The van der Waals surface area contributed by atoms with Crippen molar-refractivity contribution in [3.63, 3.8) is 0 Å². The number of hydrogen-bond acceptors (Lipinski definition) is 3. The summed E-state index contributed by atoms with van der Waals surface area (Å²) in [5.74, 6) is 0. The van der Waals surface area contributed by atoms with E-state index in [1.54, 1.807) is 13.0 Å². The number of nitrogens with one attached hydrogen (secondary N) is 1. The van der Waals surface area contributed by atoms with Crippen molar-refractivity contribution < 1.29 is 8.42 Å². The van der Waals surface area contributed by atoms with Gasteiger partial charge in [-0.05, 0) is 24.6 Å². The Kier molecular flexibility index (Phi) is 3.22. The van der Waals surface area contributed by atoms with Crippen molar-refractivity contribution in [3.05, 3.63) is 28.3 Å². The molecule has 0 radical (unpaired) electrons. The van der Waals surface area contributed by atoms with E-state index in [9.17, 15) is 8.42 Å². The molecule has 1 N–H and O–H groups in total. The lowest BCUT2D eigenvalue weighted by Gasteiger charge is -2.09. The Morgan fingerprint density at radius 1 is 1.47 bits per heavy atom. The normalized spacial score (nSPS) is 10.8. The van der Waals surface area contributed by atoms with Gasteiger partial charge in [0.15, 0.2) is 0 Å². The van der Waals surface area contributed by atoms with Crippen LogP contribution in [0.5, 0.6) is 0 Å². The Hall–Kier alpha value is -1.25. The van der Waals surface area contributed by atoms with Crippen LogP contribution in [-0.2, 0) is 10.0 Å². The van der Waals surface area contributed by atoms with E-state index < -0.39 is 10.0 Å². The van der Waals surface area contributed by atoms with Gasteiger partial charge < -0.3 is 0 Å². The Balaban J connectivity index is 3.28. The molecule has 0 heterocycles. The minimum Gasteiger partial charge on any atom is -0.282 e. The fourth-order valence-electron chi connectivity index (χ4n) is 1.12. The number of aryl methyl sites for hydroxylation is 1. The van der Waals surface area contributed by atoms with Gasteiger partial charge in [0, 0.05) is 0 Å². The first-order chi connectivity index (χ1) is 6.83. The number of nitrogens with zero attached hydrogens (tertiary/aromatic N) is 1. The van der Waals surface area contributed by atoms with Crippen LogP contribution in [0.4, 0.5) is 5.69 Å². The molecule has 0 saturated carbocycles. The van der Waals surface area contributed by atoms with E-state index in [2.05, 4.69) is 4.72 Å². The zero-order valence-electron chi connectivity index (χ0n) is 8.20. The first kappa shape index (κ1) is 11.8. The molecular weight excluding hydrogens is 236 g/mol. The summed E-state index contributed by atoms with van der Waals surface area (Å²) in [4.78, 5) is 0. The average molecular weight is 245 g/mol. The molecule has 0 bridgehead atoms. The molecule has 15 heavy (non-hydrogen) atoms. The molecule has 4 nitrogen and oxygen atoms in total. The standard InChI is InChI=1S/C9H9ClN2O2S/c1-6-3-7(5-11)4-8(10)9(6)12-15(2,13)14/h3-4,12H,1-2H3. The van der Waals surface area contributed by atoms with Crippen LogP contribution in [0.2, 0.25) is 5.02 Å². The van der Waals surface area contributed by atoms with Crippen molar-refractivity contribution in [1.29, 1.82) is 5.26 Å². The van der Waals surface area contributed by atoms with Gasteiger partial charge in [0.25, 0.3) is 0 Å². The van der Waals surface area contributed by atoms with Gasteiger partial charge in [0.1, 0.15) is 0 Å². The summed E-state index contributed by atoms with van der Waals surface area (Å²) >= 11 is 5.84. The molecule has 0 aliphatic heterocycles. The van der Waals surface area contributed by atoms with E-state index in [1.165, 1.54) is 6.07 Å². The largest absolute Gasteiger partial charge is 0.282 e. The van der Waals surface area contributed by atoms with Gasteiger partial charge in [0.2, 0.25) is 10.0 Å². The summed E-state index contributed by atoms with van der Waals surface area (Å²) in [5.41, 5.74) is 1.33. The molecule has 1 rings (SSSR count). The third-order valence-electron chi connectivity index (χ3n) is 1.70. The van der Waals surface area contributed by atoms with Gasteiger partial charge in [-0.25, -0.2) is 8.42 Å². The van der Waals surface area contributed by atoms with Crippen LogP contribution in [0.3, 0.4) is 0 Å². The van der Waals surface area contributed by atoms with Crippen molar-refractivity contribution in [2.24, 2.45) is 0 Å². The fourth-order valence-corrected chi connectivity index (χ4v) is 2.13. The van der Waals surface area contributed by atoms with Crippen LogP contribution in [0.25, 0.3) is 0 Å². The molecule has 1 aromatic carbocycles. The van der Waals surface area contributed by atoms with Crippen molar-refractivity contribution in [2.75, 3.05) is 11.0 Å². The number of benzene rings is 1. The first-order valence-corrected chi connectivity index (χ1v) is 6.28. The summed E-state index contributed by atoms with van der Waals surface area (Å²) in [6.45, 7) is 1.68. The van der Waals surface area contributed by atoms with Crippen LogP contribution in [0.15, 0.2) is 12.1 Å². The lowest BCUT2D eigenvalue weighted by Crippen LogP contribution is -2.11. The van der Waals surface area contributed by atoms with E-state index >= 15 is 0 Å². The summed E-state index contributed by atoms with van der Waals surface area (Å²) in [7, 11) is -3.36. The number of halogens is 1. The predicted octanol–water partition coefficient (Wildman–Crippen LogP) is 1.89. The average Bonchev–Trinajstić information content (AvgIpc) is 2.09. The molecule has 0 atom stereocenters. The van der Waals surface area contributed by atoms with Gasteiger partial charge >= 0.3 is 0 Å². The molecule has 80 valence electrons. The highest BCUT2D eigenvalue weighted by atomic mass is 35.5. The summed E-state index contributed by atoms with van der Waals surface area (Å²) in [6, 6.07) is 4.92. The number of rotatable bonds is 2. The minimum atomic E-state index is -3.36.